The van der Waals surface area contributed by atoms with Crippen molar-refractivity contribution in [2.75, 3.05) is 19.7 Å². The standard InChI is InChI=1S/C23H27N5O4.2ClH/c24-21(25)17-4-3-5-19(12-17)32-14-18(13-20(29)30)27-23(31)16-8-6-15(7-9-16)22(26)28-10-1-2-11-28;;/h3-9,12,18,26H,1-2,10-11,13-14H2,(H3,24,25)(H,27,31)(H,29,30);2*1H/t18-;;/m1../s1. The predicted molar refractivity (Wildman–Crippen MR) is 135 cm³/mol. The van der Waals surface area contributed by atoms with Crippen LogP contribution in [0.25, 0.3) is 0 Å². The Morgan fingerprint density at radius 2 is 1.65 bits per heavy atom. The summed E-state index contributed by atoms with van der Waals surface area (Å²) in [5.74, 6) is -0.721. The highest BCUT2D eigenvalue weighted by molar-refractivity contribution is 5.99. The van der Waals surface area contributed by atoms with E-state index in [0.29, 0.717) is 22.7 Å². The molecule has 3 rings (SSSR count). The molecule has 0 aromatic heterocycles. The van der Waals surface area contributed by atoms with Crippen LogP contribution in [0.4, 0.5) is 0 Å². The quantitative estimate of drug-likeness (QED) is 0.258. The van der Waals surface area contributed by atoms with Gasteiger partial charge in [-0.2, -0.15) is 0 Å². The Labute approximate surface area is 210 Å². The molecule has 1 atom stereocenters. The Morgan fingerprint density at radius 1 is 1.03 bits per heavy atom. The lowest BCUT2D eigenvalue weighted by Gasteiger charge is -2.19. The summed E-state index contributed by atoms with van der Waals surface area (Å²) in [6, 6.07) is 12.5. The first-order valence-electron chi connectivity index (χ1n) is 10.4. The molecule has 2 aromatic carbocycles. The Hall–Kier alpha value is -3.30. The van der Waals surface area contributed by atoms with Crippen molar-refractivity contribution in [1.82, 2.24) is 10.2 Å². The van der Waals surface area contributed by atoms with Crippen molar-refractivity contribution in [3.63, 3.8) is 0 Å². The number of amidine groups is 2. The number of halogens is 2. The first-order chi connectivity index (χ1) is 15.3. The fourth-order valence-corrected chi connectivity index (χ4v) is 3.48. The number of hydrogen-bond acceptors (Lipinski definition) is 5. The van der Waals surface area contributed by atoms with Crippen LogP contribution in [-0.4, -0.2) is 59.3 Å². The van der Waals surface area contributed by atoms with Crippen LogP contribution in [0, 0.1) is 10.8 Å². The van der Waals surface area contributed by atoms with E-state index in [0.717, 1.165) is 31.5 Å². The zero-order valence-corrected chi connectivity index (χ0v) is 20.1. The SMILES string of the molecule is Cl.Cl.N=C(N)c1cccc(OC[C@@H](CC(=O)O)NC(=O)c2ccc(C(=N)N3CCCC3)cc2)c1. The second-order valence-corrected chi connectivity index (χ2v) is 7.64. The smallest absolute Gasteiger partial charge is 0.305 e. The summed E-state index contributed by atoms with van der Waals surface area (Å²) in [5.41, 5.74) is 7.07. The number of nitrogens with zero attached hydrogens (tertiary/aromatic N) is 1. The van der Waals surface area contributed by atoms with Crippen LogP contribution in [0.15, 0.2) is 48.5 Å². The molecular formula is C23H29Cl2N5O4. The number of benzene rings is 2. The molecule has 0 unspecified atom stereocenters. The molecule has 0 radical (unpaired) electrons. The molecule has 1 fully saturated rings. The summed E-state index contributed by atoms with van der Waals surface area (Å²) in [7, 11) is 0. The largest absolute Gasteiger partial charge is 0.491 e. The predicted octanol–water partition coefficient (Wildman–Crippen LogP) is 2.89. The lowest BCUT2D eigenvalue weighted by Crippen LogP contribution is -2.40. The number of nitrogen functional groups attached to an aromatic ring is 1. The van der Waals surface area contributed by atoms with Gasteiger partial charge >= 0.3 is 5.97 Å². The molecule has 11 heteroatoms. The number of carbonyl (C=O) groups is 2. The van der Waals surface area contributed by atoms with Gasteiger partial charge in [0.25, 0.3) is 5.91 Å². The number of nitrogens with one attached hydrogen (secondary N) is 3. The van der Waals surface area contributed by atoms with E-state index < -0.39 is 17.9 Å². The summed E-state index contributed by atoms with van der Waals surface area (Å²) >= 11 is 0. The molecule has 1 aliphatic rings. The Bertz CT molecular complexity index is 1010. The van der Waals surface area contributed by atoms with Gasteiger partial charge in [0, 0.05) is 29.8 Å². The highest BCUT2D eigenvalue weighted by Gasteiger charge is 2.20. The molecule has 2 aromatic rings. The first kappa shape index (κ1) is 28.7. The molecule has 0 bridgehead atoms. The highest BCUT2D eigenvalue weighted by Crippen LogP contribution is 2.15. The molecule has 1 heterocycles. The van der Waals surface area contributed by atoms with Gasteiger partial charge in [0.15, 0.2) is 0 Å². The summed E-state index contributed by atoms with van der Waals surface area (Å²) in [6.07, 6.45) is 1.85. The minimum atomic E-state index is -1.06. The van der Waals surface area contributed by atoms with E-state index in [-0.39, 0.29) is 43.7 Å². The summed E-state index contributed by atoms with van der Waals surface area (Å²) in [6.45, 7) is 1.68. The number of hydrogen-bond donors (Lipinski definition) is 5. The van der Waals surface area contributed by atoms with E-state index in [2.05, 4.69) is 5.32 Å². The van der Waals surface area contributed by atoms with Gasteiger partial charge in [0.2, 0.25) is 0 Å². The molecule has 184 valence electrons. The number of amides is 1. The summed E-state index contributed by atoms with van der Waals surface area (Å²) in [5, 5.41) is 27.7. The van der Waals surface area contributed by atoms with Crippen molar-refractivity contribution >= 4 is 48.4 Å². The van der Waals surface area contributed by atoms with E-state index in [9.17, 15) is 14.7 Å². The molecule has 1 saturated heterocycles. The number of carboxylic acids is 1. The van der Waals surface area contributed by atoms with Gasteiger partial charge in [0.1, 0.15) is 24.0 Å². The van der Waals surface area contributed by atoms with Crippen LogP contribution in [0.3, 0.4) is 0 Å². The summed E-state index contributed by atoms with van der Waals surface area (Å²) < 4.78 is 5.64. The second-order valence-electron chi connectivity index (χ2n) is 7.64. The normalized spacial score (nSPS) is 13.1. The lowest BCUT2D eigenvalue weighted by atomic mass is 10.1. The van der Waals surface area contributed by atoms with Gasteiger partial charge in [-0.3, -0.25) is 20.4 Å². The third-order valence-electron chi connectivity index (χ3n) is 5.20. The minimum Gasteiger partial charge on any atom is -0.491 e. The molecule has 0 spiro atoms. The zero-order valence-electron chi connectivity index (χ0n) is 18.5. The van der Waals surface area contributed by atoms with Crippen LogP contribution >= 0.6 is 24.8 Å². The molecule has 9 nitrogen and oxygen atoms in total. The Balaban J connectivity index is 0.00000289. The Kier molecular flexibility index (Phi) is 11.3. The number of carboxylic acid groups (broad SMARTS) is 1. The molecule has 6 N–H and O–H groups in total. The number of rotatable bonds is 9. The van der Waals surface area contributed by atoms with Gasteiger partial charge in [-0.1, -0.05) is 24.3 Å². The minimum absolute atomic E-state index is 0. The van der Waals surface area contributed by atoms with Gasteiger partial charge in [-0.15, -0.1) is 24.8 Å². The van der Waals surface area contributed by atoms with Gasteiger partial charge in [-0.25, -0.2) is 0 Å². The highest BCUT2D eigenvalue weighted by atomic mass is 35.5. The molecule has 1 aliphatic heterocycles. The van der Waals surface area contributed by atoms with E-state index in [1.54, 1.807) is 48.5 Å². The van der Waals surface area contributed by atoms with E-state index >= 15 is 0 Å². The fourth-order valence-electron chi connectivity index (χ4n) is 3.48. The Morgan fingerprint density at radius 3 is 2.24 bits per heavy atom. The van der Waals surface area contributed by atoms with Gasteiger partial charge < -0.3 is 25.8 Å². The average molecular weight is 510 g/mol. The molecule has 1 amide bonds. The van der Waals surface area contributed by atoms with Crippen molar-refractivity contribution < 1.29 is 19.4 Å². The van der Waals surface area contributed by atoms with Crippen LogP contribution in [-0.2, 0) is 4.79 Å². The van der Waals surface area contributed by atoms with E-state index in [1.807, 2.05) is 4.90 Å². The summed E-state index contributed by atoms with van der Waals surface area (Å²) in [4.78, 5) is 25.9. The van der Waals surface area contributed by atoms with Crippen molar-refractivity contribution in [3.8, 4) is 5.75 Å². The van der Waals surface area contributed by atoms with Crippen molar-refractivity contribution in [2.24, 2.45) is 5.73 Å². The van der Waals surface area contributed by atoms with Crippen molar-refractivity contribution in [3.05, 3.63) is 65.2 Å². The van der Waals surface area contributed by atoms with E-state index in [4.69, 9.17) is 21.3 Å². The maximum atomic E-state index is 12.7. The number of likely N-dealkylation sites (tertiary alicyclic amines) is 1. The second kappa shape index (κ2) is 13.4. The maximum absolute atomic E-state index is 12.7. The van der Waals surface area contributed by atoms with Crippen LogP contribution in [0.1, 0.15) is 40.7 Å². The zero-order chi connectivity index (χ0) is 23.1. The monoisotopic (exact) mass is 509 g/mol. The van der Waals surface area contributed by atoms with Crippen molar-refractivity contribution in [2.45, 2.75) is 25.3 Å². The number of nitrogens with two attached hydrogens (primary N) is 1. The van der Waals surface area contributed by atoms with Gasteiger partial charge in [-0.05, 0) is 37.1 Å². The van der Waals surface area contributed by atoms with Gasteiger partial charge in [0.05, 0.1) is 12.5 Å². The van der Waals surface area contributed by atoms with Crippen LogP contribution < -0.4 is 15.8 Å². The third kappa shape index (κ3) is 7.93. The molecule has 34 heavy (non-hydrogen) atoms. The fraction of sp³-hybridized carbons (Fsp3) is 0.304. The first-order valence-corrected chi connectivity index (χ1v) is 10.4. The number of carbonyl (C=O) groups excluding carboxylic acids is 1. The number of ether oxygens (including phenoxy) is 1. The lowest BCUT2D eigenvalue weighted by molar-refractivity contribution is -0.137. The van der Waals surface area contributed by atoms with E-state index in [1.165, 1.54) is 0 Å². The number of aliphatic carboxylic acids is 1. The molecule has 0 saturated carbocycles. The molecular weight excluding hydrogens is 481 g/mol. The van der Waals surface area contributed by atoms with Crippen molar-refractivity contribution in [1.29, 1.82) is 10.8 Å². The third-order valence-corrected chi connectivity index (χ3v) is 5.20. The topological polar surface area (TPSA) is 153 Å². The maximum Gasteiger partial charge on any atom is 0.305 e. The van der Waals surface area contributed by atoms with Crippen LogP contribution in [0.2, 0.25) is 0 Å². The average Bonchev–Trinajstić information content (AvgIpc) is 3.32. The molecule has 0 aliphatic carbocycles. The van der Waals surface area contributed by atoms with Crippen LogP contribution in [0.5, 0.6) is 5.75 Å².